The van der Waals surface area contributed by atoms with Crippen molar-refractivity contribution in [2.75, 3.05) is 18.0 Å². The number of allylic oxidation sites excluding steroid dienone is 1. The van der Waals surface area contributed by atoms with E-state index in [1.54, 1.807) is 6.07 Å². The molecule has 0 atom stereocenters. The Kier molecular flexibility index (Phi) is 4.85. The number of aromatic amines is 1. The summed E-state index contributed by atoms with van der Waals surface area (Å²) < 4.78 is 0. The Balaban J connectivity index is 1.65. The maximum atomic E-state index is 12.9. The number of rotatable bonds is 3. The third-order valence-electron chi connectivity index (χ3n) is 6.30. The number of benzene rings is 1. The molecule has 1 saturated heterocycles. The van der Waals surface area contributed by atoms with Crippen LogP contribution in [-0.4, -0.2) is 18.1 Å². The van der Waals surface area contributed by atoms with E-state index in [9.17, 15) is 4.79 Å². The Hall–Kier alpha value is -1.71. The minimum Gasteiger partial charge on any atom is -0.358 e. The molecule has 0 saturated carbocycles. The molecule has 142 valence electrons. The molecule has 2 heterocycles. The topological polar surface area (TPSA) is 36.1 Å². The monoisotopic (exact) mass is 402 g/mol. The average Bonchev–Trinajstić information content (AvgIpc) is 3.09. The van der Waals surface area contributed by atoms with Crippen molar-refractivity contribution in [1.29, 1.82) is 0 Å². The van der Waals surface area contributed by atoms with Crippen molar-refractivity contribution >= 4 is 34.6 Å². The Morgan fingerprint density at radius 1 is 1.22 bits per heavy atom. The number of piperidine rings is 1. The van der Waals surface area contributed by atoms with Gasteiger partial charge in [-0.2, -0.15) is 0 Å². The quantitative estimate of drug-likeness (QED) is 0.715. The van der Waals surface area contributed by atoms with Crippen molar-refractivity contribution in [3.05, 3.63) is 67.4 Å². The lowest BCUT2D eigenvalue weighted by atomic mass is 9.78. The molecule has 1 aromatic heterocycles. The van der Waals surface area contributed by atoms with Crippen LogP contribution < -0.4 is 10.5 Å². The van der Waals surface area contributed by atoms with Gasteiger partial charge >= 0.3 is 0 Å². The molecule has 1 aliphatic carbocycles. The molecule has 5 heteroatoms. The van der Waals surface area contributed by atoms with Gasteiger partial charge in [0.05, 0.1) is 15.6 Å². The van der Waals surface area contributed by atoms with Crippen LogP contribution >= 0.6 is 23.2 Å². The third-order valence-corrected chi connectivity index (χ3v) is 7.12. The van der Waals surface area contributed by atoms with E-state index in [0.717, 1.165) is 60.4 Å². The summed E-state index contributed by atoms with van der Waals surface area (Å²) in [4.78, 5) is 18.4. The van der Waals surface area contributed by atoms with Gasteiger partial charge in [0, 0.05) is 18.7 Å². The lowest BCUT2D eigenvalue weighted by Gasteiger charge is -2.39. The first-order chi connectivity index (χ1) is 12.9. The van der Waals surface area contributed by atoms with Crippen LogP contribution in [0.3, 0.4) is 0 Å². The molecular weight excluding hydrogens is 379 g/mol. The Bertz CT molecular complexity index is 969. The highest BCUT2D eigenvalue weighted by Crippen LogP contribution is 2.39. The van der Waals surface area contributed by atoms with E-state index < -0.39 is 0 Å². The summed E-state index contributed by atoms with van der Waals surface area (Å²) in [6, 6.07) is 7.67. The molecule has 0 amide bonds. The van der Waals surface area contributed by atoms with E-state index in [-0.39, 0.29) is 5.56 Å². The summed E-state index contributed by atoms with van der Waals surface area (Å²) in [6.45, 7) is 6.60. The summed E-state index contributed by atoms with van der Waals surface area (Å²) in [5, 5.41) is 1.00. The van der Waals surface area contributed by atoms with E-state index in [1.807, 2.05) is 12.1 Å². The van der Waals surface area contributed by atoms with Crippen LogP contribution in [-0.2, 0) is 6.42 Å². The average molecular weight is 403 g/mol. The molecule has 27 heavy (non-hydrogen) atoms. The summed E-state index contributed by atoms with van der Waals surface area (Å²) in [7, 11) is 0. The highest BCUT2D eigenvalue weighted by molar-refractivity contribution is 6.43. The number of hydrogen-bond acceptors (Lipinski definition) is 2. The van der Waals surface area contributed by atoms with Gasteiger partial charge in [-0.25, -0.2) is 0 Å². The number of pyridine rings is 1. The molecule has 1 aliphatic heterocycles. The Morgan fingerprint density at radius 2 is 1.96 bits per heavy atom. The van der Waals surface area contributed by atoms with E-state index >= 15 is 0 Å². The van der Waals surface area contributed by atoms with E-state index in [2.05, 4.69) is 35.9 Å². The summed E-state index contributed by atoms with van der Waals surface area (Å²) in [5.74, 6) is 0.934. The fourth-order valence-corrected chi connectivity index (χ4v) is 4.54. The second-order valence-corrected chi connectivity index (χ2v) is 8.74. The first-order valence-corrected chi connectivity index (χ1v) is 10.3. The molecule has 1 N–H and O–H groups in total. The van der Waals surface area contributed by atoms with Crippen molar-refractivity contribution < 1.29 is 0 Å². The van der Waals surface area contributed by atoms with E-state index in [0.29, 0.717) is 15.5 Å². The summed E-state index contributed by atoms with van der Waals surface area (Å²) >= 11 is 12.6. The van der Waals surface area contributed by atoms with Gasteiger partial charge in [0.15, 0.2) is 0 Å². The van der Waals surface area contributed by atoms with Crippen molar-refractivity contribution in [2.24, 2.45) is 5.41 Å². The molecule has 2 aliphatic rings. The number of anilines is 1. The van der Waals surface area contributed by atoms with Gasteiger partial charge in [-0.3, -0.25) is 4.79 Å². The fourth-order valence-electron chi connectivity index (χ4n) is 4.14. The van der Waals surface area contributed by atoms with Gasteiger partial charge in [-0.05, 0) is 47.9 Å². The number of hydrogen-bond donors (Lipinski definition) is 1. The number of nitrogens with one attached hydrogen (secondary N) is 1. The largest absolute Gasteiger partial charge is 0.358 e. The van der Waals surface area contributed by atoms with Crippen molar-refractivity contribution in [3.63, 3.8) is 0 Å². The van der Waals surface area contributed by atoms with E-state index in [1.165, 1.54) is 6.42 Å². The highest BCUT2D eigenvalue weighted by atomic mass is 35.5. The predicted molar refractivity (Wildman–Crippen MR) is 114 cm³/mol. The minimum absolute atomic E-state index is 0.0499. The van der Waals surface area contributed by atoms with Gasteiger partial charge in [0.25, 0.3) is 5.56 Å². The molecule has 4 rings (SSSR count). The number of H-pyrrole nitrogens is 1. The molecule has 0 spiro atoms. The van der Waals surface area contributed by atoms with Crippen LogP contribution in [0.15, 0.2) is 35.1 Å². The number of nitrogens with zero attached hydrogens (tertiary/aromatic N) is 1. The van der Waals surface area contributed by atoms with Crippen LogP contribution in [0.1, 0.15) is 49.8 Å². The molecule has 2 aromatic rings. The molecule has 0 bridgehead atoms. The molecule has 0 unspecified atom stereocenters. The second-order valence-electron chi connectivity index (χ2n) is 7.96. The standard InChI is InChI=1S/C22H24Cl2N2O/c1-3-22(2)9-11-26(12-10-22)18-13-14-7-8-15(19(14)21(27)25-18)16-5-4-6-17(23)20(16)24/h4-6,8,13H,3,7,9-12H2,1-2H3,(H,25,27). The van der Waals surface area contributed by atoms with Gasteiger partial charge in [0.1, 0.15) is 5.82 Å². The first-order valence-electron chi connectivity index (χ1n) is 9.58. The number of aromatic nitrogens is 1. The summed E-state index contributed by atoms with van der Waals surface area (Å²) in [5.41, 5.74) is 3.85. The normalized spacial score (nSPS) is 18.4. The van der Waals surface area contributed by atoms with Crippen LogP contribution in [0.2, 0.25) is 10.0 Å². The zero-order valence-electron chi connectivity index (χ0n) is 15.7. The smallest absolute Gasteiger partial charge is 0.257 e. The maximum absolute atomic E-state index is 12.9. The lowest BCUT2D eigenvalue weighted by molar-refractivity contribution is 0.238. The van der Waals surface area contributed by atoms with E-state index in [4.69, 9.17) is 23.2 Å². The van der Waals surface area contributed by atoms with Gasteiger partial charge in [-0.1, -0.05) is 61.7 Å². The fraction of sp³-hybridized carbons (Fsp3) is 0.409. The zero-order chi connectivity index (χ0) is 19.2. The molecule has 1 fully saturated rings. The minimum atomic E-state index is -0.0499. The molecular formula is C22H24Cl2N2O. The lowest BCUT2D eigenvalue weighted by Crippen LogP contribution is -2.39. The van der Waals surface area contributed by atoms with Crippen LogP contribution in [0.5, 0.6) is 0 Å². The van der Waals surface area contributed by atoms with Crippen LogP contribution in [0.4, 0.5) is 5.82 Å². The Labute approximate surface area is 170 Å². The van der Waals surface area contributed by atoms with Crippen molar-refractivity contribution in [2.45, 2.75) is 39.5 Å². The van der Waals surface area contributed by atoms with Gasteiger partial charge in [-0.15, -0.1) is 0 Å². The third kappa shape index (κ3) is 3.32. The van der Waals surface area contributed by atoms with Crippen LogP contribution in [0, 0.1) is 5.41 Å². The van der Waals surface area contributed by atoms with Gasteiger partial charge in [0.2, 0.25) is 0 Å². The molecule has 1 aromatic carbocycles. The van der Waals surface area contributed by atoms with Crippen molar-refractivity contribution in [1.82, 2.24) is 4.98 Å². The molecule has 0 radical (unpaired) electrons. The Morgan fingerprint density at radius 3 is 2.67 bits per heavy atom. The SMILES string of the molecule is CCC1(C)CCN(c2cc3c(c(=O)[nH]2)C(c2cccc(Cl)c2Cl)=CC3)CC1. The van der Waals surface area contributed by atoms with Crippen molar-refractivity contribution in [3.8, 4) is 0 Å². The number of halogens is 2. The van der Waals surface area contributed by atoms with Gasteiger partial charge < -0.3 is 9.88 Å². The zero-order valence-corrected chi connectivity index (χ0v) is 17.3. The van der Waals surface area contributed by atoms with Crippen LogP contribution in [0.25, 0.3) is 5.57 Å². The number of fused-ring (bicyclic) bond motifs is 1. The molecule has 3 nitrogen and oxygen atoms in total. The first kappa shape index (κ1) is 18.6. The second kappa shape index (κ2) is 7.03. The predicted octanol–water partition coefficient (Wildman–Crippen LogP) is 5.69. The highest BCUT2D eigenvalue weighted by Gasteiger charge is 2.30. The maximum Gasteiger partial charge on any atom is 0.257 e. The summed E-state index contributed by atoms with van der Waals surface area (Å²) in [6.07, 6.45) is 6.33.